The van der Waals surface area contributed by atoms with Gasteiger partial charge in [-0.1, -0.05) is 127 Å². The highest BCUT2D eigenvalue weighted by molar-refractivity contribution is 6.27. The second kappa shape index (κ2) is 12.4. The smallest absolute Gasteiger partial charge is 0.329 e. The molecule has 0 radical (unpaired) electrons. The van der Waals surface area contributed by atoms with Crippen LogP contribution in [0.5, 0.6) is 0 Å². The summed E-state index contributed by atoms with van der Waals surface area (Å²) in [5.41, 5.74) is 14.6. The number of fused-ring (bicyclic) bond motifs is 10. The number of furan rings is 2. The van der Waals surface area contributed by atoms with E-state index in [1.54, 1.807) is 0 Å². The van der Waals surface area contributed by atoms with Gasteiger partial charge in [0, 0.05) is 38.2 Å². The zero-order chi connectivity index (χ0) is 37.5. The van der Waals surface area contributed by atoms with E-state index in [4.69, 9.17) is 13.8 Å². The van der Waals surface area contributed by atoms with Crippen LogP contribution >= 0.6 is 0 Å². The quantitative estimate of drug-likeness (QED) is 0.177. The molecule has 12 aromatic rings. The summed E-state index contributed by atoms with van der Waals surface area (Å²) in [6.07, 6.45) is 0. The standard InChI is InChI=1S/C52H31N3O2/c1-4-16-32(17-5-1)39-30-35(48-51-49(38-24-12-15-27-44(38)57-51)54-52(53-48)34-20-8-3-9-21-34)31-40(33-18-6-2-7-19-33)50(39)55-41-25-13-10-22-36(41)46-42(55)28-29-45-47(46)37-23-11-14-26-43(37)56-45/h1-31H/p+1. The minimum absolute atomic E-state index is 0.716. The number of rotatable bonds is 5. The lowest BCUT2D eigenvalue weighted by Crippen LogP contribution is -2.11. The fraction of sp³-hybridized carbons (Fsp3) is 0. The third-order valence-electron chi connectivity index (χ3n) is 11.3. The Kier molecular flexibility index (Phi) is 6.86. The molecule has 8 aromatic carbocycles. The van der Waals surface area contributed by atoms with Crippen molar-refractivity contribution in [3.8, 4) is 50.6 Å². The lowest BCUT2D eigenvalue weighted by Gasteiger charge is -2.20. The van der Waals surface area contributed by atoms with Gasteiger partial charge in [-0.25, -0.2) is 4.98 Å². The normalized spacial score (nSPS) is 11.9. The zero-order valence-electron chi connectivity index (χ0n) is 30.6. The minimum atomic E-state index is 0.716. The number of para-hydroxylation sites is 3. The fourth-order valence-electron chi connectivity index (χ4n) is 8.78. The van der Waals surface area contributed by atoms with Crippen molar-refractivity contribution in [2.45, 2.75) is 0 Å². The lowest BCUT2D eigenvalue weighted by molar-refractivity contribution is -0.334. The van der Waals surface area contributed by atoms with Gasteiger partial charge in [0.25, 0.3) is 0 Å². The molecule has 0 aliphatic carbocycles. The third kappa shape index (κ3) is 4.82. The molecule has 5 nitrogen and oxygen atoms in total. The molecule has 0 aliphatic rings. The fourth-order valence-corrected chi connectivity index (χ4v) is 8.78. The number of H-pyrrole nitrogens is 1. The summed E-state index contributed by atoms with van der Waals surface area (Å²) < 4.78 is 15.6. The van der Waals surface area contributed by atoms with Crippen LogP contribution in [0.1, 0.15) is 0 Å². The Labute approximate surface area is 326 Å². The minimum Gasteiger partial charge on any atom is -0.456 e. The van der Waals surface area contributed by atoms with Gasteiger partial charge in [0.05, 0.1) is 27.7 Å². The first kappa shape index (κ1) is 31.6. The molecule has 0 aliphatic heterocycles. The van der Waals surface area contributed by atoms with E-state index < -0.39 is 0 Å². The van der Waals surface area contributed by atoms with E-state index >= 15 is 0 Å². The van der Waals surface area contributed by atoms with Gasteiger partial charge in [-0.15, -0.1) is 0 Å². The van der Waals surface area contributed by atoms with Crippen LogP contribution in [0, 0.1) is 0 Å². The van der Waals surface area contributed by atoms with E-state index in [0.717, 1.165) is 100 Å². The molecule has 0 saturated heterocycles. The summed E-state index contributed by atoms with van der Waals surface area (Å²) in [5.74, 6) is 0.773. The third-order valence-corrected chi connectivity index (χ3v) is 11.3. The maximum absolute atomic E-state index is 6.70. The van der Waals surface area contributed by atoms with Crippen molar-refractivity contribution in [3.05, 3.63) is 188 Å². The molecule has 0 fully saturated rings. The summed E-state index contributed by atoms with van der Waals surface area (Å²) in [6.45, 7) is 0. The highest BCUT2D eigenvalue weighted by Gasteiger charge is 2.28. The van der Waals surface area contributed by atoms with E-state index in [1.165, 1.54) is 10.8 Å². The molecule has 0 saturated carbocycles. The maximum atomic E-state index is 6.70. The van der Waals surface area contributed by atoms with Gasteiger partial charge in [0.1, 0.15) is 16.7 Å². The molecule has 0 bridgehead atoms. The molecule has 12 rings (SSSR count). The van der Waals surface area contributed by atoms with Crippen molar-refractivity contribution in [3.63, 3.8) is 0 Å². The summed E-state index contributed by atoms with van der Waals surface area (Å²) in [4.78, 5) is 9.04. The van der Waals surface area contributed by atoms with Crippen molar-refractivity contribution in [1.29, 1.82) is 0 Å². The van der Waals surface area contributed by atoms with Crippen LogP contribution in [-0.2, 0) is 0 Å². The van der Waals surface area contributed by atoms with E-state index in [0.29, 0.717) is 5.58 Å². The number of nitrogens with one attached hydrogen (secondary N) is 1. The molecule has 266 valence electrons. The largest absolute Gasteiger partial charge is 0.456 e. The molecular formula is C52H32N3O2+. The monoisotopic (exact) mass is 730 g/mol. The van der Waals surface area contributed by atoms with Crippen molar-refractivity contribution in [1.82, 2.24) is 9.55 Å². The Morgan fingerprint density at radius 2 is 0.982 bits per heavy atom. The molecule has 0 spiro atoms. The van der Waals surface area contributed by atoms with Gasteiger partial charge in [0.15, 0.2) is 5.52 Å². The predicted molar refractivity (Wildman–Crippen MR) is 231 cm³/mol. The molecular weight excluding hydrogens is 699 g/mol. The number of aromatic nitrogens is 3. The number of nitrogens with zero attached hydrogens (tertiary/aromatic N) is 2. The number of aromatic amines is 1. The van der Waals surface area contributed by atoms with Gasteiger partial charge in [0.2, 0.25) is 11.3 Å². The molecule has 4 aromatic heterocycles. The molecule has 5 heteroatoms. The number of hydrogen-bond donors (Lipinski definition) is 0. The molecule has 0 amide bonds. The van der Waals surface area contributed by atoms with Crippen molar-refractivity contribution in [2.24, 2.45) is 0 Å². The van der Waals surface area contributed by atoms with Crippen LogP contribution in [0.4, 0.5) is 0 Å². The Balaban J connectivity index is 1.25. The van der Waals surface area contributed by atoms with Crippen LogP contribution < -0.4 is 4.98 Å². The van der Waals surface area contributed by atoms with Crippen LogP contribution in [0.3, 0.4) is 0 Å². The SMILES string of the molecule is c1ccc(-c2nc(-c3cc(-c4ccccc4)c(-n4c5ccccc5c5c6c(ccc54)oc4ccccc46)c(-c4ccccc4)c3)c3oc4ccccc4c3[nH+]2)cc1. The first-order chi connectivity index (χ1) is 28.3. The first-order valence-electron chi connectivity index (χ1n) is 19.2. The second-order valence-corrected chi connectivity index (χ2v) is 14.5. The molecule has 0 unspecified atom stereocenters. The summed E-state index contributed by atoms with van der Waals surface area (Å²) in [5, 5.41) is 5.59. The average Bonchev–Trinajstić information content (AvgIpc) is 3.96. The highest BCUT2D eigenvalue weighted by Crippen LogP contribution is 2.47. The van der Waals surface area contributed by atoms with Crippen LogP contribution in [-0.4, -0.2) is 9.55 Å². The van der Waals surface area contributed by atoms with Crippen LogP contribution in [0.15, 0.2) is 197 Å². The van der Waals surface area contributed by atoms with Crippen LogP contribution in [0.25, 0.3) is 116 Å². The van der Waals surface area contributed by atoms with E-state index in [9.17, 15) is 0 Å². The van der Waals surface area contributed by atoms with E-state index in [-0.39, 0.29) is 0 Å². The predicted octanol–water partition coefficient (Wildman–Crippen LogP) is 13.5. The topological polar surface area (TPSA) is 58.2 Å². The van der Waals surface area contributed by atoms with Crippen molar-refractivity contribution < 1.29 is 13.8 Å². The molecule has 0 atom stereocenters. The summed E-state index contributed by atoms with van der Waals surface area (Å²) in [6, 6.07) is 65.9. The molecule has 4 heterocycles. The van der Waals surface area contributed by atoms with E-state index in [1.807, 2.05) is 36.4 Å². The van der Waals surface area contributed by atoms with Gasteiger partial charge in [-0.3, -0.25) is 0 Å². The maximum Gasteiger partial charge on any atom is 0.329 e. The Morgan fingerprint density at radius 3 is 1.67 bits per heavy atom. The highest BCUT2D eigenvalue weighted by atomic mass is 16.3. The van der Waals surface area contributed by atoms with Crippen LogP contribution in [0.2, 0.25) is 0 Å². The summed E-state index contributed by atoms with van der Waals surface area (Å²) >= 11 is 0. The number of hydrogen-bond acceptors (Lipinski definition) is 3. The van der Waals surface area contributed by atoms with Gasteiger partial charge in [-0.2, -0.15) is 0 Å². The van der Waals surface area contributed by atoms with E-state index in [2.05, 4.69) is 161 Å². The molecule has 57 heavy (non-hydrogen) atoms. The van der Waals surface area contributed by atoms with Gasteiger partial charge < -0.3 is 13.4 Å². The van der Waals surface area contributed by atoms with Gasteiger partial charge in [-0.05, 0) is 76.8 Å². The first-order valence-corrected chi connectivity index (χ1v) is 19.2. The average molecular weight is 731 g/mol. The Bertz CT molecular complexity index is 3450. The van der Waals surface area contributed by atoms with Crippen molar-refractivity contribution in [2.75, 3.05) is 0 Å². The zero-order valence-corrected chi connectivity index (χ0v) is 30.6. The van der Waals surface area contributed by atoms with Crippen molar-refractivity contribution >= 4 is 65.8 Å². The summed E-state index contributed by atoms with van der Waals surface area (Å²) in [7, 11) is 0. The number of benzene rings is 8. The molecule has 1 N–H and O–H groups in total. The lowest BCUT2D eigenvalue weighted by atomic mass is 9.91. The second-order valence-electron chi connectivity index (χ2n) is 14.5. The Hall–Kier alpha value is -7.76. The van der Waals surface area contributed by atoms with Gasteiger partial charge >= 0.3 is 5.82 Å². The Morgan fingerprint density at radius 1 is 0.421 bits per heavy atom.